The van der Waals surface area contributed by atoms with Gasteiger partial charge in [-0.2, -0.15) is 0 Å². The van der Waals surface area contributed by atoms with Gasteiger partial charge in [0.2, 0.25) is 5.91 Å². The zero-order valence-corrected chi connectivity index (χ0v) is 19.8. The topological polar surface area (TPSA) is 149 Å². The van der Waals surface area contributed by atoms with E-state index in [2.05, 4.69) is 9.88 Å². The second kappa shape index (κ2) is 10.5. The average molecular weight is 470 g/mol. The number of carbonyl (C=O) groups excluding carboxylic acids is 1. The fraction of sp³-hybridized carbons (Fsp3) is 0.222. The summed E-state index contributed by atoms with van der Waals surface area (Å²) in [6.07, 6.45) is 2.03. The van der Waals surface area contributed by atoms with E-state index < -0.39 is 6.04 Å². The lowest BCUT2D eigenvalue weighted by Crippen LogP contribution is -2.37. The third-order valence-electron chi connectivity index (χ3n) is 6.19. The molecule has 1 heterocycles. The maximum absolute atomic E-state index is 12.7. The molecule has 0 saturated carbocycles. The summed E-state index contributed by atoms with van der Waals surface area (Å²) in [4.78, 5) is 17.5. The molecule has 0 fully saturated rings. The highest BCUT2D eigenvalue weighted by Gasteiger charge is 2.16. The normalized spacial score (nSPS) is 12.0. The van der Waals surface area contributed by atoms with Crippen LogP contribution < -0.4 is 22.5 Å². The maximum atomic E-state index is 12.7. The summed E-state index contributed by atoms with van der Waals surface area (Å²) in [7, 11) is 1.99. The fourth-order valence-corrected chi connectivity index (χ4v) is 4.05. The van der Waals surface area contributed by atoms with Gasteiger partial charge in [0.05, 0.1) is 17.1 Å². The number of nitrogen functional groups attached to an aromatic ring is 1. The number of benzene rings is 3. The van der Waals surface area contributed by atoms with Gasteiger partial charge in [0.1, 0.15) is 11.7 Å². The Morgan fingerprint density at radius 3 is 2.31 bits per heavy atom. The third-order valence-corrected chi connectivity index (χ3v) is 6.19. The lowest BCUT2D eigenvalue weighted by atomic mass is 10.0. The van der Waals surface area contributed by atoms with Gasteiger partial charge in [0.25, 0.3) is 0 Å². The lowest BCUT2D eigenvalue weighted by molar-refractivity contribution is -0.117. The first-order valence-electron chi connectivity index (χ1n) is 11.6. The van der Waals surface area contributed by atoms with Crippen LogP contribution in [0.5, 0.6) is 0 Å². The summed E-state index contributed by atoms with van der Waals surface area (Å²) in [6.45, 7) is 0.485. The van der Waals surface area contributed by atoms with Crippen molar-refractivity contribution < 1.29 is 4.79 Å². The highest BCUT2D eigenvalue weighted by atomic mass is 16.2. The van der Waals surface area contributed by atoms with Gasteiger partial charge in [-0.25, -0.2) is 4.98 Å². The van der Waals surface area contributed by atoms with Gasteiger partial charge in [0, 0.05) is 31.3 Å². The van der Waals surface area contributed by atoms with Gasteiger partial charge < -0.3 is 27.1 Å². The van der Waals surface area contributed by atoms with Gasteiger partial charge in [0.15, 0.2) is 0 Å². The van der Waals surface area contributed by atoms with Crippen molar-refractivity contribution in [2.75, 3.05) is 5.32 Å². The van der Waals surface area contributed by atoms with Crippen LogP contribution >= 0.6 is 0 Å². The zero-order chi connectivity index (χ0) is 24.9. The molecule has 8 nitrogen and oxygen atoms in total. The van der Waals surface area contributed by atoms with Crippen molar-refractivity contribution in [2.24, 2.45) is 24.2 Å². The van der Waals surface area contributed by atoms with E-state index in [9.17, 15) is 4.79 Å². The third kappa shape index (κ3) is 5.74. The molecule has 0 aliphatic rings. The summed E-state index contributed by atoms with van der Waals surface area (Å²) in [5, 5.41) is 10.4. The molecular weight excluding hydrogens is 438 g/mol. The molecule has 1 atom stereocenters. The number of aryl methyl sites for hydroxylation is 3. The zero-order valence-electron chi connectivity index (χ0n) is 19.8. The second-order valence-electron chi connectivity index (χ2n) is 8.72. The Kier molecular flexibility index (Phi) is 7.24. The molecule has 0 aliphatic carbocycles. The molecule has 4 rings (SSSR count). The van der Waals surface area contributed by atoms with Crippen molar-refractivity contribution in [3.05, 3.63) is 94.8 Å². The summed E-state index contributed by atoms with van der Waals surface area (Å²) >= 11 is 0. The van der Waals surface area contributed by atoms with Crippen LogP contribution in [-0.4, -0.2) is 27.3 Å². The van der Waals surface area contributed by atoms with E-state index in [1.807, 2.05) is 73.8 Å². The Bertz CT molecular complexity index is 1340. The molecular formula is C27H31N7O. The van der Waals surface area contributed by atoms with Crippen LogP contribution in [0.4, 0.5) is 5.69 Å². The van der Waals surface area contributed by atoms with E-state index >= 15 is 0 Å². The molecule has 0 aliphatic heterocycles. The molecule has 1 aromatic heterocycles. The van der Waals surface area contributed by atoms with E-state index in [-0.39, 0.29) is 11.7 Å². The first-order chi connectivity index (χ1) is 16.8. The van der Waals surface area contributed by atoms with Crippen molar-refractivity contribution in [1.29, 1.82) is 5.41 Å². The van der Waals surface area contributed by atoms with E-state index in [4.69, 9.17) is 27.6 Å². The molecule has 4 aromatic rings. The van der Waals surface area contributed by atoms with E-state index in [0.717, 1.165) is 52.0 Å². The number of aromatic nitrogens is 2. The molecule has 0 radical (unpaired) electrons. The summed E-state index contributed by atoms with van der Waals surface area (Å²) < 4.78 is 2.07. The Morgan fingerprint density at radius 2 is 1.66 bits per heavy atom. The van der Waals surface area contributed by atoms with E-state index in [1.54, 1.807) is 0 Å². The van der Waals surface area contributed by atoms with Gasteiger partial charge in [-0.1, -0.05) is 48.5 Å². The van der Waals surface area contributed by atoms with Crippen molar-refractivity contribution in [1.82, 2.24) is 9.55 Å². The maximum Gasteiger partial charge on any atom is 0.241 e. The predicted octanol–water partition coefficient (Wildman–Crippen LogP) is 2.61. The molecule has 8 N–H and O–H groups in total. The van der Waals surface area contributed by atoms with Crippen LogP contribution in [0, 0.1) is 5.41 Å². The SMILES string of the molecule is Cn1c(CCc2ccc(C(=N)N)cc2)nc2cc(NC(=O)C(N)Cc3ccc(CN)cc3)ccc21. The Labute approximate surface area is 204 Å². The number of amidine groups is 1. The van der Waals surface area contributed by atoms with Crippen LogP contribution in [0.1, 0.15) is 28.1 Å². The van der Waals surface area contributed by atoms with E-state index in [0.29, 0.717) is 18.7 Å². The number of nitrogens with one attached hydrogen (secondary N) is 2. The Hall–Kier alpha value is -4.01. The summed E-state index contributed by atoms with van der Waals surface area (Å²) in [5.74, 6) is 0.783. The summed E-state index contributed by atoms with van der Waals surface area (Å²) in [6, 6.07) is 20.6. The first kappa shape index (κ1) is 24.1. The average Bonchev–Trinajstić information content (AvgIpc) is 3.18. The number of rotatable bonds is 9. The molecule has 0 spiro atoms. The van der Waals surface area contributed by atoms with Crippen molar-refractivity contribution in [3.8, 4) is 0 Å². The number of carbonyl (C=O) groups is 1. The highest BCUT2D eigenvalue weighted by Crippen LogP contribution is 2.21. The van der Waals surface area contributed by atoms with Crippen molar-refractivity contribution in [2.45, 2.75) is 31.8 Å². The molecule has 8 heteroatoms. The number of nitrogens with two attached hydrogens (primary N) is 3. The fourth-order valence-electron chi connectivity index (χ4n) is 4.05. The van der Waals surface area contributed by atoms with Gasteiger partial charge in [-0.05, 0) is 47.7 Å². The van der Waals surface area contributed by atoms with Crippen LogP contribution in [0.15, 0.2) is 66.7 Å². The number of hydrogen-bond donors (Lipinski definition) is 5. The van der Waals surface area contributed by atoms with Crippen molar-refractivity contribution >= 4 is 28.5 Å². The van der Waals surface area contributed by atoms with Gasteiger partial charge >= 0.3 is 0 Å². The number of fused-ring (bicyclic) bond motifs is 1. The monoisotopic (exact) mass is 469 g/mol. The first-order valence-corrected chi connectivity index (χ1v) is 11.6. The summed E-state index contributed by atoms with van der Waals surface area (Å²) in [5.41, 5.74) is 23.7. The van der Waals surface area contributed by atoms with E-state index in [1.165, 1.54) is 0 Å². The standard InChI is InChI=1S/C27H31N7O/c1-34-24-12-11-21(32-27(35)22(29)14-18-2-4-19(16-28)5-3-18)15-23(24)33-25(34)13-8-17-6-9-20(10-7-17)26(30)31/h2-7,9-12,15,22H,8,13-14,16,28-29H2,1H3,(H3,30,31)(H,32,35). The number of anilines is 1. The van der Waals surface area contributed by atoms with Crippen LogP contribution in [-0.2, 0) is 37.6 Å². The number of hydrogen-bond acceptors (Lipinski definition) is 5. The lowest BCUT2D eigenvalue weighted by Gasteiger charge is -2.13. The minimum absolute atomic E-state index is 0.0666. The molecule has 1 amide bonds. The molecule has 0 bridgehead atoms. The van der Waals surface area contributed by atoms with Gasteiger partial charge in [-0.15, -0.1) is 0 Å². The number of amides is 1. The Balaban J connectivity index is 1.40. The van der Waals surface area contributed by atoms with Crippen LogP contribution in [0.3, 0.4) is 0 Å². The number of nitrogens with zero attached hydrogens (tertiary/aromatic N) is 2. The minimum atomic E-state index is -0.664. The Morgan fingerprint density at radius 1 is 1.00 bits per heavy atom. The smallest absolute Gasteiger partial charge is 0.241 e. The quantitative estimate of drug-likeness (QED) is 0.189. The van der Waals surface area contributed by atoms with Crippen molar-refractivity contribution in [3.63, 3.8) is 0 Å². The minimum Gasteiger partial charge on any atom is -0.384 e. The second-order valence-corrected chi connectivity index (χ2v) is 8.72. The molecule has 3 aromatic carbocycles. The largest absolute Gasteiger partial charge is 0.384 e. The van der Waals surface area contributed by atoms with Gasteiger partial charge in [-0.3, -0.25) is 10.2 Å². The highest BCUT2D eigenvalue weighted by molar-refractivity contribution is 5.96. The molecule has 35 heavy (non-hydrogen) atoms. The number of imidazole rings is 1. The predicted molar refractivity (Wildman–Crippen MR) is 140 cm³/mol. The van der Waals surface area contributed by atoms with Crippen LogP contribution in [0.2, 0.25) is 0 Å². The molecule has 180 valence electrons. The van der Waals surface area contributed by atoms with Crippen LogP contribution in [0.25, 0.3) is 11.0 Å². The molecule has 0 saturated heterocycles. The molecule has 1 unspecified atom stereocenters.